The zero-order chi connectivity index (χ0) is 97.8. The third-order valence-electron chi connectivity index (χ3n) is 22.9. The zero-order valence-corrected chi connectivity index (χ0v) is 78.3. The summed E-state index contributed by atoms with van der Waals surface area (Å²) in [5, 5.41) is 122. The van der Waals surface area contributed by atoms with Crippen LogP contribution in [0.5, 0.6) is 0 Å². The van der Waals surface area contributed by atoms with Gasteiger partial charge in [-0.25, -0.2) is 4.79 Å². The van der Waals surface area contributed by atoms with Gasteiger partial charge in [0.05, 0.1) is 72.2 Å². The third kappa shape index (κ3) is 44.5. The molecule has 7 unspecified atom stereocenters. The Hall–Kier alpha value is -7.16. The highest BCUT2D eigenvalue weighted by atomic mass is 16.7. The van der Waals surface area contributed by atoms with Crippen molar-refractivity contribution in [1.29, 1.82) is 0 Å². The highest BCUT2D eigenvalue weighted by molar-refractivity contribution is 5.80. The molecule has 4 aliphatic heterocycles. The molecule has 5 heterocycles. The number of hydrogen-bond acceptors (Lipinski definition) is 35. The Morgan fingerprint density at radius 2 is 0.782 bits per heavy atom. The molecule has 4 fully saturated rings. The van der Waals surface area contributed by atoms with Gasteiger partial charge in [0.25, 0.3) is 5.56 Å². The van der Waals surface area contributed by atoms with Crippen molar-refractivity contribution in [2.75, 3.05) is 112 Å². The van der Waals surface area contributed by atoms with E-state index in [0.29, 0.717) is 122 Å². The first-order valence-corrected chi connectivity index (χ1v) is 47.1. The highest BCUT2D eigenvalue weighted by Gasteiger charge is 2.50. The van der Waals surface area contributed by atoms with Crippen LogP contribution in [0.25, 0.3) is 0 Å². The first kappa shape index (κ1) is 116. The molecule has 43 nitrogen and oxygen atoms in total. The first-order valence-electron chi connectivity index (χ1n) is 47.1. The van der Waals surface area contributed by atoms with Gasteiger partial charge >= 0.3 is 5.69 Å². The topological polar surface area (TPSA) is 623 Å². The normalized spacial score (nSPS) is 25.2. The van der Waals surface area contributed by atoms with E-state index in [9.17, 15) is 109 Å². The molecule has 6 amide bonds. The lowest BCUT2D eigenvalue weighted by atomic mass is 9.97. The van der Waals surface area contributed by atoms with E-state index in [-0.39, 0.29) is 196 Å². The Balaban J connectivity index is 1.15. The van der Waals surface area contributed by atoms with Gasteiger partial charge in [-0.1, -0.05) is 25.8 Å². The minimum Gasteiger partial charge on any atom is -0.394 e. The molecule has 20 atom stereocenters. The number of aromatic amines is 1. The molecule has 4 aliphatic rings. The lowest BCUT2D eigenvalue weighted by Crippen LogP contribution is -2.64. The number of Topliss-reactive ketones (excluding diaryl/α,β-unsaturated/α-hetero) is 4. The van der Waals surface area contributed by atoms with Crippen molar-refractivity contribution in [3.8, 4) is 0 Å². The summed E-state index contributed by atoms with van der Waals surface area (Å²) in [7, 11) is 0. The summed E-state index contributed by atoms with van der Waals surface area (Å²) in [5.41, 5.74) is -1.72. The van der Waals surface area contributed by atoms with Gasteiger partial charge < -0.3 is 145 Å². The summed E-state index contributed by atoms with van der Waals surface area (Å²) in [6.07, 6.45) is -7.08. The monoisotopic (exact) mass is 1900 g/mol. The average molecular weight is 1910 g/mol. The maximum absolute atomic E-state index is 14.3. The van der Waals surface area contributed by atoms with Crippen LogP contribution in [-0.2, 0) is 105 Å². The van der Waals surface area contributed by atoms with Crippen molar-refractivity contribution in [1.82, 2.24) is 46.8 Å². The van der Waals surface area contributed by atoms with Gasteiger partial charge in [0.1, 0.15) is 120 Å². The number of aromatic nitrogens is 2. The van der Waals surface area contributed by atoms with Crippen LogP contribution >= 0.6 is 0 Å². The number of aliphatic hydroxyl groups is 10. The van der Waals surface area contributed by atoms with E-state index in [4.69, 9.17) is 56.8 Å². The number of amides is 6. The van der Waals surface area contributed by atoms with Gasteiger partial charge in [0, 0.05) is 155 Å². The molecule has 762 valence electrons. The number of nitrogens with one attached hydrogen (secondary N) is 8. The Morgan fingerprint density at radius 3 is 1.22 bits per heavy atom. The Bertz CT molecular complexity index is 3500. The number of aryl methyl sites for hydroxylation is 1. The average Bonchev–Trinajstić information content (AvgIpc) is 1.67. The van der Waals surface area contributed by atoms with Gasteiger partial charge in [-0.2, -0.15) is 0 Å². The summed E-state index contributed by atoms with van der Waals surface area (Å²) in [6, 6.07) is -3.29. The van der Waals surface area contributed by atoms with Crippen LogP contribution in [0.4, 0.5) is 0 Å². The molecule has 4 saturated heterocycles. The van der Waals surface area contributed by atoms with Gasteiger partial charge in [0.15, 0.2) is 25.1 Å². The number of ether oxygens (including phenoxy) is 12. The van der Waals surface area contributed by atoms with Crippen LogP contribution in [0, 0.1) is 6.92 Å². The van der Waals surface area contributed by atoms with Crippen LogP contribution in [0.1, 0.15) is 239 Å². The molecule has 0 aromatic carbocycles. The predicted octanol–water partition coefficient (Wildman–Crippen LogP) is -0.986. The Morgan fingerprint density at radius 1 is 0.421 bits per heavy atom. The molecule has 18 N–H and O–H groups in total. The minimum atomic E-state index is -1.47. The van der Waals surface area contributed by atoms with Crippen molar-refractivity contribution in [3.63, 3.8) is 0 Å². The molecule has 0 bridgehead atoms. The molecule has 5 rings (SSSR count). The molecule has 0 radical (unpaired) electrons. The van der Waals surface area contributed by atoms with Crippen LogP contribution < -0.4 is 48.5 Å². The van der Waals surface area contributed by atoms with E-state index in [0.717, 1.165) is 19.3 Å². The van der Waals surface area contributed by atoms with Crippen molar-refractivity contribution in [3.05, 3.63) is 44.9 Å². The molecule has 0 saturated carbocycles. The molecular weight excluding hydrogens is 1750 g/mol. The quantitative estimate of drug-likeness (QED) is 0.0348. The summed E-state index contributed by atoms with van der Waals surface area (Å²) in [4.78, 5) is 155. The summed E-state index contributed by atoms with van der Waals surface area (Å²) >= 11 is 0. The maximum Gasteiger partial charge on any atom is 0.330 e. The summed E-state index contributed by atoms with van der Waals surface area (Å²) in [5.74, 6) is -2.73. The number of carbonyl (C=O) groups excluding carboxylic acids is 10. The van der Waals surface area contributed by atoms with E-state index in [1.54, 1.807) is 6.92 Å². The fourth-order valence-electron chi connectivity index (χ4n) is 15.4. The molecular formula is C90H153N9O34. The van der Waals surface area contributed by atoms with E-state index in [1.807, 2.05) is 13.8 Å². The number of aliphatic hydroxyl groups excluding tert-OH is 10. The van der Waals surface area contributed by atoms with Crippen LogP contribution in [0.3, 0.4) is 0 Å². The largest absolute Gasteiger partial charge is 0.394 e. The van der Waals surface area contributed by atoms with E-state index < -0.39 is 177 Å². The number of unbranched alkanes of at least 4 members (excludes halogenated alkanes) is 10. The fourth-order valence-corrected chi connectivity index (χ4v) is 15.4. The summed E-state index contributed by atoms with van der Waals surface area (Å²) < 4.78 is 71.8. The third-order valence-corrected chi connectivity index (χ3v) is 22.9. The number of H-pyrrole nitrogens is 1. The van der Waals surface area contributed by atoms with Crippen LogP contribution in [-0.4, -0.2) is 353 Å². The number of rotatable bonds is 73. The number of allylic oxidation sites excluding steroid dienone is 1. The summed E-state index contributed by atoms with van der Waals surface area (Å²) in [6.45, 7) is 12.0. The van der Waals surface area contributed by atoms with Crippen LogP contribution in [0.15, 0.2) is 28.1 Å². The van der Waals surface area contributed by atoms with Crippen molar-refractivity contribution in [2.45, 2.75) is 362 Å². The van der Waals surface area contributed by atoms with Gasteiger partial charge in [0.2, 0.25) is 35.4 Å². The highest BCUT2D eigenvalue weighted by Crippen LogP contribution is 2.33. The maximum atomic E-state index is 14.3. The molecule has 133 heavy (non-hydrogen) atoms. The number of carbonyl (C=O) groups is 10. The second kappa shape index (κ2) is 64.8. The zero-order valence-electron chi connectivity index (χ0n) is 78.3. The number of hydrogen-bond donors (Lipinski definition) is 18. The van der Waals surface area contributed by atoms with Crippen molar-refractivity contribution < 1.29 is 156 Å². The second-order valence-corrected chi connectivity index (χ2v) is 34.9. The fraction of sp³-hybridized carbons (Fsp3) is 0.822. The Kier molecular flexibility index (Phi) is 56.7. The molecule has 0 aliphatic carbocycles. The van der Waals surface area contributed by atoms with Crippen molar-refractivity contribution >= 4 is 58.6 Å². The molecule has 1 aromatic rings. The van der Waals surface area contributed by atoms with Gasteiger partial charge in [-0.05, 0) is 124 Å². The van der Waals surface area contributed by atoms with Crippen LogP contribution in [0.2, 0.25) is 0 Å². The van der Waals surface area contributed by atoms with E-state index in [1.165, 1.54) is 31.5 Å². The van der Waals surface area contributed by atoms with Gasteiger partial charge in [-0.15, -0.1) is 0 Å². The Labute approximate surface area is 777 Å². The van der Waals surface area contributed by atoms with E-state index in [2.05, 4.69) is 48.8 Å². The lowest BCUT2D eigenvalue weighted by Gasteiger charge is -2.42. The predicted molar refractivity (Wildman–Crippen MR) is 476 cm³/mol. The van der Waals surface area contributed by atoms with E-state index >= 15 is 0 Å². The SMILES string of the molecule is C=C(CCCC(=O)NC(COCCC(=O)CCCCCC(=O)CCCCO[C@@H]1OC(CO)[C@H](O)[C@H](O)C1NC(C)=O)(COCCC(=O)CCCCNC(=O)CCCCO[C@@H]1OC(CO)[C@H](O)[C@H](O)C1NC(C)=O)COCCC(=O)NCCCCC(=O)CCCCO[C@@H]1OC(CO)[C@H](O)[C@H](O)C1NC(C)=O)NCCCCCCO[C@@H]1[C@H](O)[C@@H](COC(C)C)O[C@H]1n1cc(C)c(=O)[nH]c1=O. The van der Waals surface area contributed by atoms with Crippen molar-refractivity contribution in [2.24, 2.45) is 0 Å². The number of nitrogens with zero attached hydrogens (tertiary/aromatic N) is 1. The smallest absolute Gasteiger partial charge is 0.330 e. The first-order chi connectivity index (χ1) is 63.6. The second-order valence-electron chi connectivity index (χ2n) is 34.9. The molecule has 1 aromatic heterocycles. The minimum absolute atomic E-state index is 0.00354. The van der Waals surface area contributed by atoms with Gasteiger partial charge in [-0.3, -0.25) is 62.3 Å². The lowest BCUT2D eigenvalue weighted by molar-refractivity contribution is -0.270. The molecule has 43 heteroatoms. The standard InChI is InChI=1S/C90H153N9O34/c1-56(2)129-52-69-79(116)83(85(130-69)99-48-57(3)84(120)97-89(99)121)125-41-21-9-8-18-38-91-58(4)26-25-34-72(112)98-90(53-122-45-35-64(108)28-12-10-11-27-62(106)31-15-22-42-126-86-73(94-59(5)103)80(117)76(113)66(49-100)131-86,54-123-46-36-65(109)30-14-20-39-92-70(110)33-17-24-44-128-88-75(96-61(7)105)82(119)78(115)68(51-102)133-88)55-124-47-37-71(111)93-40-19-13-29-63(107)32-16-23-43-127-87-74(95-60(6)104)81(118)77(114)67(50-101)132-87/h48,56,66-69,73-83,85-88,91,100-102,113-119H,4,8-47,49-55H2,1-3,5-7H3,(H,92,110)(H,93,111)(H,94,103)(H,95,104)(H,96,105)(H,98,112)(H,97,120,121)/t66?,67?,68?,69-,73?,74?,75?,76+,77+,78+,79-,80-,81-,82-,83-,85-,86-,87-,88-,90?/m1/s1. The molecule has 0 spiro atoms. The number of ketones is 4.